The van der Waals surface area contributed by atoms with E-state index in [4.69, 9.17) is 0 Å². The van der Waals surface area contributed by atoms with E-state index in [0.717, 1.165) is 6.07 Å². The summed E-state index contributed by atoms with van der Waals surface area (Å²) >= 11 is 0. The lowest BCUT2D eigenvalue weighted by Gasteiger charge is -2.11. The first-order chi connectivity index (χ1) is 14.9. The molecule has 162 valence electrons. The Kier molecular flexibility index (Phi) is 7.03. The van der Waals surface area contributed by atoms with Gasteiger partial charge in [-0.15, -0.1) is 10.2 Å². The van der Waals surface area contributed by atoms with Gasteiger partial charge < -0.3 is 16.0 Å². The number of sulfone groups is 1. The molecule has 0 spiro atoms. The minimum atomic E-state index is -4.89. The standard InChI is InChI=1S/C19H18F2N6O3S/c20-19(21)31(29,30)14-6-2-1-5-13(14)18(28)24-12-11-23-16-8-9-17(27-26-16)25-15-7-3-4-10-22-15/h1-10,19H,11-12H2,(H,23,26)(H,24,28)(H,22,25,27). The minimum Gasteiger partial charge on any atom is -0.367 e. The molecule has 0 unspecified atom stereocenters. The first kappa shape index (κ1) is 22.0. The fourth-order valence-corrected chi connectivity index (χ4v) is 3.45. The van der Waals surface area contributed by atoms with Crippen molar-refractivity contribution in [2.24, 2.45) is 0 Å². The van der Waals surface area contributed by atoms with Gasteiger partial charge in [0, 0.05) is 19.3 Å². The number of rotatable bonds is 9. The molecule has 0 bridgehead atoms. The summed E-state index contributed by atoms with van der Waals surface area (Å²) in [6.45, 7) is 0.342. The summed E-state index contributed by atoms with van der Waals surface area (Å²) in [7, 11) is -4.89. The second-order valence-electron chi connectivity index (χ2n) is 6.13. The van der Waals surface area contributed by atoms with Gasteiger partial charge in [-0.2, -0.15) is 8.78 Å². The van der Waals surface area contributed by atoms with Gasteiger partial charge >= 0.3 is 5.76 Å². The third-order valence-corrected chi connectivity index (χ3v) is 5.41. The number of carbonyl (C=O) groups is 1. The molecule has 9 nitrogen and oxygen atoms in total. The van der Waals surface area contributed by atoms with Gasteiger partial charge in [-0.3, -0.25) is 4.79 Å². The van der Waals surface area contributed by atoms with Crippen LogP contribution in [0, 0.1) is 0 Å². The average Bonchev–Trinajstić information content (AvgIpc) is 2.78. The van der Waals surface area contributed by atoms with Crippen molar-refractivity contribution in [1.82, 2.24) is 20.5 Å². The molecule has 0 aliphatic carbocycles. The van der Waals surface area contributed by atoms with Gasteiger partial charge in [0.15, 0.2) is 5.82 Å². The second-order valence-corrected chi connectivity index (χ2v) is 8.01. The van der Waals surface area contributed by atoms with E-state index in [0.29, 0.717) is 17.5 Å². The summed E-state index contributed by atoms with van der Waals surface area (Å²) in [5, 5.41) is 16.4. The zero-order valence-electron chi connectivity index (χ0n) is 16.0. The molecule has 1 amide bonds. The quantitative estimate of drug-likeness (QED) is 0.426. The first-order valence-electron chi connectivity index (χ1n) is 9.03. The summed E-state index contributed by atoms with van der Waals surface area (Å²) < 4.78 is 49.2. The van der Waals surface area contributed by atoms with E-state index < -0.39 is 26.4 Å². The summed E-state index contributed by atoms with van der Waals surface area (Å²) in [5.74, 6) is -2.83. The molecule has 2 aromatic heterocycles. The zero-order valence-corrected chi connectivity index (χ0v) is 16.8. The Hall–Kier alpha value is -3.67. The fourth-order valence-electron chi connectivity index (χ4n) is 2.52. The van der Waals surface area contributed by atoms with Crippen LogP contribution in [0.15, 0.2) is 65.7 Å². The number of anilines is 3. The molecule has 3 N–H and O–H groups in total. The number of pyridine rings is 1. The lowest BCUT2D eigenvalue weighted by atomic mass is 10.2. The van der Waals surface area contributed by atoms with E-state index in [1.165, 1.54) is 18.2 Å². The van der Waals surface area contributed by atoms with Crippen LogP contribution in [-0.4, -0.2) is 48.4 Å². The van der Waals surface area contributed by atoms with E-state index in [1.54, 1.807) is 30.5 Å². The SMILES string of the molecule is O=C(NCCNc1ccc(Nc2ccccn2)nn1)c1ccccc1S(=O)(=O)C(F)F. The highest BCUT2D eigenvalue weighted by atomic mass is 32.2. The maximum Gasteiger partial charge on any atom is 0.341 e. The van der Waals surface area contributed by atoms with Crippen LogP contribution in [0.4, 0.5) is 26.2 Å². The molecule has 0 saturated carbocycles. The largest absolute Gasteiger partial charge is 0.367 e. The molecule has 0 aliphatic heterocycles. The maximum atomic E-state index is 12.8. The molecular weight excluding hydrogens is 430 g/mol. The summed E-state index contributed by atoms with van der Waals surface area (Å²) in [6.07, 6.45) is 1.64. The number of carbonyl (C=O) groups excluding carboxylic acids is 1. The van der Waals surface area contributed by atoms with Crippen LogP contribution in [0.2, 0.25) is 0 Å². The van der Waals surface area contributed by atoms with Crippen LogP contribution in [0.3, 0.4) is 0 Å². The third-order valence-electron chi connectivity index (χ3n) is 3.98. The maximum absolute atomic E-state index is 12.8. The van der Waals surface area contributed by atoms with Crippen molar-refractivity contribution < 1.29 is 22.0 Å². The Bertz CT molecular complexity index is 1130. The molecule has 12 heteroatoms. The number of hydrogen-bond acceptors (Lipinski definition) is 8. The van der Waals surface area contributed by atoms with Crippen LogP contribution >= 0.6 is 0 Å². The summed E-state index contributed by atoms with van der Waals surface area (Å²) in [4.78, 5) is 15.7. The Morgan fingerprint density at radius 1 is 0.903 bits per heavy atom. The molecule has 0 saturated heterocycles. The van der Waals surface area contributed by atoms with Gasteiger partial charge in [0.1, 0.15) is 11.6 Å². The predicted molar refractivity (Wildman–Crippen MR) is 110 cm³/mol. The van der Waals surface area contributed by atoms with Crippen molar-refractivity contribution in [3.63, 3.8) is 0 Å². The number of hydrogen-bond donors (Lipinski definition) is 3. The smallest absolute Gasteiger partial charge is 0.341 e. The van der Waals surface area contributed by atoms with Gasteiger partial charge in [0.25, 0.3) is 5.91 Å². The molecule has 0 atom stereocenters. The Morgan fingerprint density at radius 3 is 2.29 bits per heavy atom. The van der Waals surface area contributed by atoms with Crippen LogP contribution < -0.4 is 16.0 Å². The number of nitrogens with one attached hydrogen (secondary N) is 3. The van der Waals surface area contributed by atoms with Crippen molar-refractivity contribution >= 4 is 33.2 Å². The highest BCUT2D eigenvalue weighted by molar-refractivity contribution is 7.91. The molecule has 0 radical (unpaired) electrons. The molecule has 3 rings (SSSR count). The highest BCUT2D eigenvalue weighted by Gasteiger charge is 2.30. The molecule has 3 aromatic rings. The number of benzene rings is 1. The van der Waals surface area contributed by atoms with E-state index in [2.05, 4.69) is 31.1 Å². The molecule has 1 aromatic carbocycles. The number of amides is 1. The molecule has 0 aliphatic rings. The van der Waals surface area contributed by atoms with Gasteiger partial charge in [-0.25, -0.2) is 13.4 Å². The van der Waals surface area contributed by atoms with Crippen molar-refractivity contribution in [3.8, 4) is 0 Å². The Morgan fingerprint density at radius 2 is 1.61 bits per heavy atom. The normalized spacial score (nSPS) is 11.2. The van der Waals surface area contributed by atoms with Crippen molar-refractivity contribution in [2.75, 3.05) is 23.7 Å². The topological polar surface area (TPSA) is 126 Å². The average molecular weight is 448 g/mol. The lowest BCUT2D eigenvalue weighted by molar-refractivity contribution is 0.0951. The monoisotopic (exact) mass is 448 g/mol. The van der Waals surface area contributed by atoms with Crippen molar-refractivity contribution in [3.05, 3.63) is 66.4 Å². The lowest BCUT2D eigenvalue weighted by Crippen LogP contribution is -2.30. The number of halogens is 2. The van der Waals surface area contributed by atoms with Gasteiger partial charge in [0.05, 0.1) is 10.5 Å². The third kappa shape index (κ3) is 5.69. The summed E-state index contributed by atoms with van der Waals surface area (Å²) in [6, 6.07) is 13.6. The van der Waals surface area contributed by atoms with Crippen LogP contribution in [-0.2, 0) is 9.84 Å². The van der Waals surface area contributed by atoms with E-state index in [9.17, 15) is 22.0 Å². The van der Waals surface area contributed by atoms with E-state index in [-0.39, 0.29) is 18.7 Å². The van der Waals surface area contributed by atoms with E-state index >= 15 is 0 Å². The first-order valence-corrected chi connectivity index (χ1v) is 10.6. The highest BCUT2D eigenvalue weighted by Crippen LogP contribution is 2.22. The summed E-state index contributed by atoms with van der Waals surface area (Å²) in [5.41, 5.74) is -0.340. The van der Waals surface area contributed by atoms with Crippen LogP contribution in [0.1, 0.15) is 10.4 Å². The van der Waals surface area contributed by atoms with Gasteiger partial charge in [-0.05, 0) is 36.4 Å². The van der Waals surface area contributed by atoms with E-state index in [1.807, 2.05) is 6.07 Å². The zero-order chi connectivity index (χ0) is 22.3. The molecule has 31 heavy (non-hydrogen) atoms. The van der Waals surface area contributed by atoms with Crippen LogP contribution in [0.25, 0.3) is 0 Å². The molecule has 0 fully saturated rings. The molecule has 2 heterocycles. The minimum absolute atomic E-state index is 0.0948. The van der Waals surface area contributed by atoms with Crippen LogP contribution in [0.5, 0.6) is 0 Å². The fraction of sp³-hybridized carbons (Fsp3) is 0.158. The number of alkyl halides is 2. The van der Waals surface area contributed by atoms with Gasteiger partial charge in [-0.1, -0.05) is 18.2 Å². The number of nitrogens with zero attached hydrogens (tertiary/aromatic N) is 3. The van der Waals surface area contributed by atoms with Crippen molar-refractivity contribution in [2.45, 2.75) is 10.7 Å². The Labute approximate surface area is 176 Å². The molecular formula is C19H18F2N6O3S. The Balaban J connectivity index is 1.52. The number of aromatic nitrogens is 3. The van der Waals surface area contributed by atoms with Crippen molar-refractivity contribution in [1.29, 1.82) is 0 Å². The van der Waals surface area contributed by atoms with Gasteiger partial charge in [0.2, 0.25) is 9.84 Å². The second kappa shape index (κ2) is 9.89. The predicted octanol–water partition coefficient (Wildman–Crippen LogP) is 2.45.